The van der Waals surface area contributed by atoms with E-state index in [1.165, 1.54) is 36.4 Å². The SMILES string of the molecule is CCS(=O)(=O)c1ccc(CC(=O)Nc2ccc(-c3cccc(Cl)c3)c(C(=O)c3ccc(F)cc3)n2)cc1. The van der Waals surface area contributed by atoms with E-state index < -0.39 is 27.3 Å². The number of rotatable bonds is 8. The lowest BCUT2D eigenvalue weighted by atomic mass is 9.98. The molecule has 0 saturated heterocycles. The maximum atomic E-state index is 13.4. The molecule has 0 saturated carbocycles. The largest absolute Gasteiger partial charge is 0.310 e. The van der Waals surface area contributed by atoms with Crippen LogP contribution in [0.25, 0.3) is 11.1 Å². The molecule has 6 nitrogen and oxygen atoms in total. The number of hydrogen-bond donors (Lipinski definition) is 1. The Morgan fingerprint density at radius 1 is 0.946 bits per heavy atom. The third kappa shape index (κ3) is 6.28. The van der Waals surface area contributed by atoms with Gasteiger partial charge in [-0.3, -0.25) is 9.59 Å². The number of halogens is 2. The number of amides is 1. The maximum absolute atomic E-state index is 13.4. The summed E-state index contributed by atoms with van der Waals surface area (Å²) in [6, 6.07) is 21.4. The number of pyridine rings is 1. The van der Waals surface area contributed by atoms with Gasteiger partial charge in [0.2, 0.25) is 11.7 Å². The summed E-state index contributed by atoms with van der Waals surface area (Å²) in [4.78, 5) is 30.6. The zero-order chi connectivity index (χ0) is 26.6. The summed E-state index contributed by atoms with van der Waals surface area (Å²) in [5.41, 5.74) is 2.09. The van der Waals surface area contributed by atoms with Gasteiger partial charge in [0, 0.05) is 16.1 Å². The molecule has 1 N–H and O–H groups in total. The van der Waals surface area contributed by atoms with Crippen LogP contribution in [-0.4, -0.2) is 30.8 Å². The monoisotopic (exact) mass is 536 g/mol. The van der Waals surface area contributed by atoms with Crippen LogP contribution in [0.5, 0.6) is 0 Å². The minimum Gasteiger partial charge on any atom is -0.310 e. The molecular formula is C28H22ClFN2O4S. The molecule has 1 amide bonds. The number of aromatic nitrogens is 1. The summed E-state index contributed by atoms with van der Waals surface area (Å²) in [5, 5.41) is 3.17. The molecule has 1 aromatic heterocycles. The highest BCUT2D eigenvalue weighted by Crippen LogP contribution is 2.28. The smallest absolute Gasteiger partial charge is 0.229 e. The molecule has 0 spiro atoms. The molecule has 0 aliphatic heterocycles. The summed E-state index contributed by atoms with van der Waals surface area (Å²) in [6.07, 6.45) is -0.0224. The Morgan fingerprint density at radius 3 is 2.30 bits per heavy atom. The van der Waals surface area contributed by atoms with Crippen molar-refractivity contribution in [1.82, 2.24) is 4.98 Å². The Kier molecular flexibility index (Phi) is 7.80. The number of ketones is 1. The average Bonchev–Trinajstić information content (AvgIpc) is 2.89. The third-order valence-corrected chi connectivity index (χ3v) is 7.63. The van der Waals surface area contributed by atoms with Crippen molar-refractivity contribution in [2.75, 3.05) is 11.1 Å². The van der Waals surface area contributed by atoms with E-state index in [2.05, 4.69) is 10.3 Å². The highest BCUT2D eigenvalue weighted by atomic mass is 35.5. The summed E-state index contributed by atoms with van der Waals surface area (Å²) in [5.74, 6) is -1.16. The second-order valence-corrected chi connectivity index (χ2v) is 10.9. The van der Waals surface area contributed by atoms with Gasteiger partial charge in [0.15, 0.2) is 9.84 Å². The van der Waals surface area contributed by atoms with Crippen molar-refractivity contribution < 1.29 is 22.4 Å². The molecule has 188 valence electrons. The minimum atomic E-state index is -3.33. The fourth-order valence-electron chi connectivity index (χ4n) is 3.68. The van der Waals surface area contributed by atoms with E-state index in [1.54, 1.807) is 55.5 Å². The molecule has 0 aliphatic carbocycles. The van der Waals surface area contributed by atoms with Crippen LogP contribution < -0.4 is 5.32 Å². The van der Waals surface area contributed by atoms with E-state index in [4.69, 9.17) is 11.6 Å². The van der Waals surface area contributed by atoms with Crippen molar-refractivity contribution in [3.05, 3.63) is 113 Å². The highest BCUT2D eigenvalue weighted by molar-refractivity contribution is 7.91. The van der Waals surface area contributed by atoms with E-state index in [9.17, 15) is 22.4 Å². The van der Waals surface area contributed by atoms with E-state index in [0.717, 1.165) is 0 Å². The minimum absolute atomic E-state index is 0.0113. The fourth-order valence-corrected chi connectivity index (χ4v) is 4.76. The van der Waals surface area contributed by atoms with Crippen molar-refractivity contribution in [2.24, 2.45) is 0 Å². The van der Waals surface area contributed by atoms with E-state index in [0.29, 0.717) is 21.7 Å². The fraction of sp³-hybridized carbons (Fsp3) is 0.107. The Balaban J connectivity index is 1.61. The molecule has 0 fully saturated rings. The van der Waals surface area contributed by atoms with Gasteiger partial charge in [0.1, 0.15) is 17.3 Å². The molecule has 4 rings (SSSR count). The summed E-state index contributed by atoms with van der Waals surface area (Å²) in [6.45, 7) is 1.57. The number of nitrogens with one attached hydrogen (secondary N) is 1. The van der Waals surface area contributed by atoms with E-state index in [-0.39, 0.29) is 34.1 Å². The number of hydrogen-bond acceptors (Lipinski definition) is 5. The predicted molar refractivity (Wildman–Crippen MR) is 141 cm³/mol. The number of anilines is 1. The topological polar surface area (TPSA) is 93.2 Å². The average molecular weight is 537 g/mol. The van der Waals surface area contributed by atoms with Crippen molar-refractivity contribution >= 4 is 38.9 Å². The van der Waals surface area contributed by atoms with Crippen LogP contribution in [0.3, 0.4) is 0 Å². The Bertz CT molecular complexity index is 1570. The van der Waals surface area contributed by atoms with Gasteiger partial charge < -0.3 is 5.32 Å². The third-order valence-electron chi connectivity index (χ3n) is 5.65. The second-order valence-electron chi connectivity index (χ2n) is 8.21. The van der Waals surface area contributed by atoms with Gasteiger partial charge >= 0.3 is 0 Å². The highest BCUT2D eigenvalue weighted by Gasteiger charge is 2.19. The van der Waals surface area contributed by atoms with Crippen LogP contribution in [0.1, 0.15) is 28.5 Å². The molecule has 9 heteroatoms. The van der Waals surface area contributed by atoms with E-state index >= 15 is 0 Å². The summed E-state index contributed by atoms with van der Waals surface area (Å²) < 4.78 is 37.4. The molecule has 0 atom stereocenters. The number of carbonyl (C=O) groups is 2. The van der Waals surface area contributed by atoms with Crippen molar-refractivity contribution in [3.8, 4) is 11.1 Å². The molecule has 37 heavy (non-hydrogen) atoms. The maximum Gasteiger partial charge on any atom is 0.229 e. The van der Waals surface area contributed by atoms with Crippen molar-refractivity contribution in [2.45, 2.75) is 18.2 Å². The summed E-state index contributed by atoms with van der Waals surface area (Å²) >= 11 is 6.14. The quantitative estimate of drug-likeness (QED) is 0.290. The normalized spacial score (nSPS) is 11.2. The van der Waals surface area contributed by atoms with Gasteiger partial charge in [-0.25, -0.2) is 17.8 Å². The van der Waals surface area contributed by atoms with Crippen LogP contribution in [0, 0.1) is 5.82 Å². The first-order chi connectivity index (χ1) is 17.7. The lowest BCUT2D eigenvalue weighted by molar-refractivity contribution is -0.115. The van der Waals surface area contributed by atoms with Gasteiger partial charge in [-0.2, -0.15) is 0 Å². The van der Waals surface area contributed by atoms with E-state index in [1.807, 2.05) is 0 Å². The Hall–Kier alpha value is -3.88. The van der Waals surface area contributed by atoms with Crippen LogP contribution >= 0.6 is 11.6 Å². The van der Waals surface area contributed by atoms with Crippen LogP contribution in [0.15, 0.2) is 89.8 Å². The lowest BCUT2D eigenvalue weighted by Crippen LogP contribution is -2.17. The number of nitrogens with zero attached hydrogens (tertiary/aromatic N) is 1. The van der Waals surface area contributed by atoms with Gasteiger partial charge in [-0.1, -0.05) is 42.8 Å². The van der Waals surface area contributed by atoms with Crippen LogP contribution in [0.4, 0.5) is 10.2 Å². The first kappa shape index (κ1) is 26.2. The second kappa shape index (κ2) is 11.0. The number of benzene rings is 3. The van der Waals surface area contributed by atoms with Gasteiger partial charge in [0.05, 0.1) is 17.1 Å². The molecule has 0 unspecified atom stereocenters. The zero-order valence-electron chi connectivity index (χ0n) is 19.7. The van der Waals surface area contributed by atoms with Crippen molar-refractivity contribution in [3.63, 3.8) is 0 Å². The van der Waals surface area contributed by atoms with Crippen molar-refractivity contribution in [1.29, 1.82) is 0 Å². The summed E-state index contributed by atoms with van der Waals surface area (Å²) in [7, 11) is -3.33. The van der Waals surface area contributed by atoms with Crippen LogP contribution in [-0.2, 0) is 21.1 Å². The Morgan fingerprint density at radius 2 is 1.65 bits per heavy atom. The zero-order valence-corrected chi connectivity index (χ0v) is 21.3. The van der Waals surface area contributed by atoms with Gasteiger partial charge in [-0.05, 0) is 71.8 Å². The molecule has 4 aromatic rings. The number of sulfone groups is 1. The van der Waals surface area contributed by atoms with Crippen LogP contribution in [0.2, 0.25) is 5.02 Å². The molecule has 0 bridgehead atoms. The lowest BCUT2D eigenvalue weighted by Gasteiger charge is -2.12. The number of carbonyl (C=O) groups excluding carboxylic acids is 2. The molecule has 0 aliphatic rings. The first-order valence-corrected chi connectivity index (χ1v) is 13.4. The molecule has 3 aromatic carbocycles. The Labute approximate surface area is 219 Å². The molecular weight excluding hydrogens is 515 g/mol. The molecule has 1 heterocycles. The molecule has 0 radical (unpaired) electrons. The first-order valence-electron chi connectivity index (χ1n) is 11.3. The van der Waals surface area contributed by atoms with Gasteiger partial charge in [-0.15, -0.1) is 0 Å². The standard InChI is InChI=1S/C28H22ClFN2O4S/c1-2-37(35,36)23-12-6-18(7-13-23)16-26(33)31-25-15-14-24(20-4-3-5-21(29)17-20)27(32-25)28(34)19-8-10-22(30)11-9-19/h3-15,17H,2,16H2,1H3,(H,31,32,33). The predicted octanol–water partition coefficient (Wildman–Crippen LogP) is 5.75. The van der Waals surface area contributed by atoms with Gasteiger partial charge in [0.25, 0.3) is 0 Å².